The molecule has 5 heteroatoms. The first kappa shape index (κ1) is 11.2. The molecule has 0 amide bonds. The Hall–Kier alpha value is -2.30. The van der Waals surface area contributed by atoms with Gasteiger partial charge in [-0.3, -0.25) is 4.79 Å². The third-order valence-corrected chi connectivity index (χ3v) is 2.39. The molecule has 17 heavy (non-hydrogen) atoms. The van der Waals surface area contributed by atoms with Crippen LogP contribution in [0.25, 0.3) is 0 Å². The van der Waals surface area contributed by atoms with Crippen LogP contribution in [-0.4, -0.2) is 9.55 Å². The predicted octanol–water partition coefficient (Wildman–Crippen LogP) is 1.46. The molecule has 0 unspecified atom stereocenters. The van der Waals surface area contributed by atoms with Gasteiger partial charge >= 0.3 is 5.56 Å². The molecule has 0 bridgehead atoms. The Balaban J connectivity index is 2.38. The van der Waals surface area contributed by atoms with E-state index in [1.807, 2.05) is 6.92 Å². The molecule has 0 aliphatic carbocycles. The Kier molecular flexibility index (Phi) is 2.82. The van der Waals surface area contributed by atoms with E-state index in [9.17, 15) is 4.79 Å². The number of ether oxygens (including phenoxy) is 1. The number of nitrogens with two attached hydrogens (primary N) is 1. The molecule has 2 N–H and O–H groups in total. The number of aromatic nitrogens is 2. The third-order valence-electron chi connectivity index (χ3n) is 2.39. The summed E-state index contributed by atoms with van der Waals surface area (Å²) < 4.78 is 6.89. The van der Waals surface area contributed by atoms with Crippen molar-refractivity contribution in [2.45, 2.75) is 6.92 Å². The monoisotopic (exact) mass is 231 g/mol. The van der Waals surface area contributed by atoms with Crippen molar-refractivity contribution >= 4 is 5.69 Å². The van der Waals surface area contributed by atoms with Crippen LogP contribution in [0, 0.1) is 6.92 Å². The van der Waals surface area contributed by atoms with E-state index in [-0.39, 0.29) is 11.4 Å². The highest BCUT2D eigenvalue weighted by Gasteiger charge is 2.07. The van der Waals surface area contributed by atoms with Gasteiger partial charge in [0.25, 0.3) is 5.88 Å². The number of rotatable bonds is 2. The van der Waals surface area contributed by atoms with Crippen LogP contribution in [0.5, 0.6) is 11.6 Å². The SMILES string of the molecule is Cc1cc(N)ccc1Oc1nccn(C)c1=O. The van der Waals surface area contributed by atoms with Gasteiger partial charge in [-0.15, -0.1) is 0 Å². The van der Waals surface area contributed by atoms with Crippen molar-refractivity contribution in [1.29, 1.82) is 0 Å². The van der Waals surface area contributed by atoms with Crippen molar-refractivity contribution in [2.75, 3.05) is 5.73 Å². The number of hydrogen-bond donors (Lipinski definition) is 1. The summed E-state index contributed by atoms with van der Waals surface area (Å²) in [6.07, 6.45) is 3.09. The lowest BCUT2D eigenvalue weighted by atomic mass is 10.2. The fourth-order valence-electron chi connectivity index (χ4n) is 1.44. The molecule has 0 saturated heterocycles. The molecule has 0 aliphatic rings. The second-order valence-corrected chi connectivity index (χ2v) is 3.78. The van der Waals surface area contributed by atoms with E-state index in [2.05, 4.69) is 4.98 Å². The number of hydrogen-bond acceptors (Lipinski definition) is 4. The van der Waals surface area contributed by atoms with E-state index in [0.29, 0.717) is 11.4 Å². The lowest BCUT2D eigenvalue weighted by molar-refractivity contribution is 0.445. The molecule has 2 aromatic rings. The van der Waals surface area contributed by atoms with Crippen LogP contribution in [0.3, 0.4) is 0 Å². The summed E-state index contributed by atoms with van der Waals surface area (Å²) in [5.41, 5.74) is 6.88. The van der Waals surface area contributed by atoms with Gasteiger partial charge < -0.3 is 15.0 Å². The smallest absolute Gasteiger partial charge is 0.313 e. The van der Waals surface area contributed by atoms with E-state index in [0.717, 1.165) is 5.56 Å². The minimum Gasteiger partial charge on any atom is -0.434 e. The van der Waals surface area contributed by atoms with E-state index >= 15 is 0 Å². The number of aryl methyl sites for hydroxylation is 2. The second-order valence-electron chi connectivity index (χ2n) is 3.78. The molecule has 88 valence electrons. The van der Waals surface area contributed by atoms with Gasteiger partial charge in [0.05, 0.1) is 0 Å². The topological polar surface area (TPSA) is 70.1 Å². The van der Waals surface area contributed by atoms with Gasteiger partial charge in [0.2, 0.25) is 0 Å². The molecule has 2 rings (SSSR count). The maximum atomic E-state index is 11.7. The minimum atomic E-state index is -0.274. The van der Waals surface area contributed by atoms with Crippen LogP contribution in [0.15, 0.2) is 35.4 Å². The van der Waals surface area contributed by atoms with Crippen LogP contribution in [0.4, 0.5) is 5.69 Å². The van der Waals surface area contributed by atoms with Gasteiger partial charge in [-0.2, -0.15) is 0 Å². The van der Waals surface area contributed by atoms with Gasteiger partial charge in [0.1, 0.15) is 5.75 Å². The van der Waals surface area contributed by atoms with Crippen molar-refractivity contribution in [2.24, 2.45) is 7.05 Å². The summed E-state index contributed by atoms with van der Waals surface area (Å²) in [5, 5.41) is 0. The largest absolute Gasteiger partial charge is 0.434 e. The van der Waals surface area contributed by atoms with Gasteiger partial charge in [0, 0.05) is 25.1 Å². The lowest BCUT2D eigenvalue weighted by Gasteiger charge is -2.08. The first-order valence-electron chi connectivity index (χ1n) is 5.13. The highest BCUT2D eigenvalue weighted by atomic mass is 16.5. The average Bonchev–Trinajstić information content (AvgIpc) is 2.28. The Morgan fingerprint density at radius 3 is 2.88 bits per heavy atom. The summed E-state index contributed by atoms with van der Waals surface area (Å²) >= 11 is 0. The molecule has 0 aliphatic heterocycles. The lowest BCUT2D eigenvalue weighted by Crippen LogP contribution is -2.18. The zero-order chi connectivity index (χ0) is 12.4. The van der Waals surface area contributed by atoms with Crippen molar-refractivity contribution in [3.63, 3.8) is 0 Å². The molecule has 0 atom stereocenters. The van der Waals surface area contributed by atoms with Crippen LogP contribution in [0.1, 0.15) is 5.56 Å². The molecule has 0 spiro atoms. The van der Waals surface area contributed by atoms with Gasteiger partial charge in [0.15, 0.2) is 0 Å². The summed E-state index contributed by atoms with van der Waals surface area (Å²) in [5.74, 6) is 0.637. The summed E-state index contributed by atoms with van der Waals surface area (Å²) in [6.45, 7) is 1.86. The molecular formula is C12H13N3O2. The fraction of sp³-hybridized carbons (Fsp3) is 0.167. The molecule has 0 fully saturated rings. The fourth-order valence-corrected chi connectivity index (χ4v) is 1.44. The summed E-state index contributed by atoms with van der Waals surface area (Å²) in [7, 11) is 1.65. The zero-order valence-corrected chi connectivity index (χ0v) is 9.68. The molecule has 0 radical (unpaired) electrons. The second kappa shape index (κ2) is 4.29. The maximum Gasteiger partial charge on any atom is 0.313 e. The van der Waals surface area contributed by atoms with Crippen molar-refractivity contribution in [3.05, 3.63) is 46.5 Å². The standard InChI is InChI=1S/C12H13N3O2/c1-8-7-9(13)3-4-10(8)17-11-12(16)15(2)6-5-14-11/h3-7H,13H2,1-2H3. The quantitative estimate of drug-likeness (QED) is 0.794. The van der Waals surface area contributed by atoms with Crippen LogP contribution in [0.2, 0.25) is 0 Å². The van der Waals surface area contributed by atoms with E-state index < -0.39 is 0 Å². The molecule has 5 nitrogen and oxygen atoms in total. The zero-order valence-electron chi connectivity index (χ0n) is 9.68. The maximum absolute atomic E-state index is 11.7. The van der Waals surface area contributed by atoms with E-state index in [1.54, 1.807) is 31.4 Å². The van der Waals surface area contributed by atoms with Crippen molar-refractivity contribution < 1.29 is 4.74 Å². The first-order valence-corrected chi connectivity index (χ1v) is 5.13. The van der Waals surface area contributed by atoms with E-state index in [4.69, 9.17) is 10.5 Å². The molecular weight excluding hydrogens is 218 g/mol. The van der Waals surface area contributed by atoms with Crippen LogP contribution < -0.4 is 16.0 Å². The van der Waals surface area contributed by atoms with Gasteiger partial charge in [-0.05, 0) is 30.7 Å². The number of nitrogens with zero attached hydrogens (tertiary/aromatic N) is 2. The minimum absolute atomic E-state index is 0.0582. The van der Waals surface area contributed by atoms with Crippen molar-refractivity contribution in [3.8, 4) is 11.6 Å². The summed E-state index contributed by atoms with van der Waals surface area (Å²) in [6, 6.07) is 5.22. The van der Waals surface area contributed by atoms with E-state index in [1.165, 1.54) is 10.8 Å². The molecule has 1 aromatic carbocycles. The molecule has 1 aromatic heterocycles. The number of nitrogen functional groups attached to an aromatic ring is 1. The predicted molar refractivity (Wildman–Crippen MR) is 65.1 cm³/mol. The average molecular weight is 231 g/mol. The summed E-state index contributed by atoms with van der Waals surface area (Å²) in [4.78, 5) is 15.6. The normalized spacial score (nSPS) is 10.2. The third kappa shape index (κ3) is 2.28. The van der Waals surface area contributed by atoms with Gasteiger partial charge in [-0.1, -0.05) is 0 Å². The Morgan fingerprint density at radius 1 is 1.41 bits per heavy atom. The van der Waals surface area contributed by atoms with Crippen LogP contribution in [-0.2, 0) is 7.05 Å². The molecule has 1 heterocycles. The number of benzene rings is 1. The van der Waals surface area contributed by atoms with Gasteiger partial charge in [-0.25, -0.2) is 4.98 Å². The van der Waals surface area contributed by atoms with Crippen molar-refractivity contribution in [1.82, 2.24) is 9.55 Å². The number of anilines is 1. The Morgan fingerprint density at radius 2 is 2.18 bits per heavy atom. The van der Waals surface area contributed by atoms with Crippen LogP contribution >= 0.6 is 0 Å². The Labute approximate surface area is 98.5 Å². The highest BCUT2D eigenvalue weighted by Crippen LogP contribution is 2.23. The first-order chi connectivity index (χ1) is 8.08. The Bertz CT molecular complexity index is 605. The highest BCUT2D eigenvalue weighted by molar-refractivity contribution is 5.47. The molecule has 0 saturated carbocycles.